The molecule has 18 heavy (non-hydrogen) atoms. The molecule has 0 saturated carbocycles. The minimum absolute atomic E-state index is 0.142. The van der Waals surface area contributed by atoms with Crippen molar-refractivity contribution in [2.45, 2.75) is 13.5 Å². The fraction of sp³-hybridized carbons (Fsp3) is 0.250. The Hall–Kier alpha value is -2.37. The van der Waals surface area contributed by atoms with Gasteiger partial charge < -0.3 is 9.88 Å². The monoisotopic (exact) mass is 246 g/mol. The number of rotatable bonds is 5. The largest absolute Gasteiger partial charge is 0.378 e. The molecule has 0 aliphatic rings. The van der Waals surface area contributed by atoms with Crippen molar-refractivity contribution in [1.29, 1.82) is 0 Å². The van der Waals surface area contributed by atoms with Gasteiger partial charge in [-0.1, -0.05) is 12.1 Å². The van der Waals surface area contributed by atoms with Crippen LogP contribution in [-0.4, -0.2) is 21.0 Å². The topological polar surface area (TPSA) is 73.0 Å². The van der Waals surface area contributed by atoms with Crippen molar-refractivity contribution in [2.75, 3.05) is 11.9 Å². The first-order valence-corrected chi connectivity index (χ1v) is 5.62. The van der Waals surface area contributed by atoms with E-state index in [0.29, 0.717) is 24.3 Å². The fourth-order valence-electron chi connectivity index (χ4n) is 1.78. The maximum Gasteiger partial charge on any atom is 0.295 e. The van der Waals surface area contributed by atoms with Gasteiger partial charge in [0, 0.05) is 31.0 Å². The summed E-state index contributed by atoms with van der Waals surface area (Å²) in [6, 6.07) is 5.26. The minimum atomic E-state index is -0.352. The van der Waals surface area contributed by atoms with E-state index in [1.165, 1.54) is 0 Å². The van der Waals surface area contributed by atoms with E-state index in [-0.39, 0.29) is 10.6 Å². The fourth-order valence-corrected chi connectivity index (χ4v) is 1.78. The van der Waals surface area contributed by atoms with E-state index >= 15 is 0 Å². The molecule has 6 heteroatoms. The number of nitrogens with one attached hydrogen (secondary N) is 1. The third kappa shape index (κ3) is 2.65. The number of hydrogen-bond acceptors (Lipinski definition) is 4. The zero-order chi connectivity index (χ0) is 13.0. The minimum Gasteiger partial charge on any atom is -0.378 e. The molecular weight excluding hydrogens is 232 g/mol. The second kappa shape index (κ2) is 5.31. The average Bonchev–Trinajstić information content (AvgIpc) is 2.81. The number of imidazole rings is 1. The first-order valence-electron chi connectivity index (χ1n) is 5.62. The van der Waals surface area contributed by atoms with Crippen LogP contribution in [0.3, 0.4) is 0 Å². The molecule has 0 saturated heterocycles. The first-order chi connectivity index (χ1) is 8.68. The number of benzene rings is 1. The normalized spacial score (nSPS) is 10.3. The van der Waals surface area contributed by atoms with Crippen LogP contribution >= 0.6 is 0 Å². The lowest BCUT2D eigenvalue weighted by molar-refractivity contribution is -0.384. The number of hydrogen-bond donors (Lipinski definition) is 1. The van der Waals surface area contributed by atoms with Crippen molar-refractivity contribution < 1.29 is 4.92 Å². The number of nitro groups is 1. The quantitative estimate of drug-likeness (QED) is 0.648. The summed E-state index contributed by atoms with van der Waals surface area (Å²) >= 11 is 0. The molecule has 0 unspecified atom stereocenters. The maximum absolute atomic E-state index is 11.0. The van der Waals surface area contributed by atoms with E-state index in [0.717, 1.165) is 0 Å². The molecule has 1 aromatic heterocycles. The van der Waals surface area contributed by atoms with Gasteiger partial charge in [0.25, 0.3) is 5.69 Å². The van der Waals surface area contributed by atoms with Crippen LogP contribution < -0.4 is 5.32 Å². The van der Waals surface area contributed by atoms with Crippen LogP contribution in [0.4, 0.5) is 11.4 Å². The molecule has 1 N–H and O–H groups in total. The number of para-hydroxylation sites is 1. The molecule has 0 amide bonds. The molecule has 6 nitrogen and oxygen atoms in total. The van der Waals surface area contributed by atoms with Gasteiger partial charge in [0.1, 0.15) is 5.69 Å². The van der Waals surface area contributed by atoms with Crippen LogP contribution in [0.1, 0.15) is 5.56 Å². The van der Waals surface area contributed by atoms with Gasteiger partial charge in [0.2, 0.25) is 0 Å². The highest BCUT2D eigenvalue weighted by Crippen LogP contribution is 2.27. The van der Waals surface area contributed by atoms with Gasteiger partial charge >= 0.3 is 0 Å². The molecule has 1 heterocycles. The lowest BCUT2D eigenvalue weighted by Crippen LogP contribution is -2.10. The molecule has 0 radical (unpaired) electrons. The standard InChI is InChI=1S/C12H14N4O2/c1-10-3-2-4-11(12(10)16(17)18)14-6-8-15-7-5-13-9-15/h2-5,7,9,14H,6,8H2,1H3. The van der Waals surface area contributed by atoms with E-state index in [1.54, 1.807) is 31.6 Å². The summed E-state index contributed by atoms with van der Waals surface area (Å²) in [5.41, 5.74) is 1.36. The maximum atomic E-state index is 11.0. The van der Waals surface area contributed by atoms with Gasteiger partial charge in [-0.25, -0.2) is 4.98 Å². The van der Waals surface area contributed by atoms with Crippen LogP contribution in [0.2, 0.25) is 0 Å². The smallest absolute Gasteiger partial charge is 0.295 e. The number of anilines is 1. The van der Waals surface area contributed by atoms with Gasteiger partial charge in [-0.3, -0.25) is 10.1 Å². The molecule has 0 fully saturated rings. The zero-order valence-corrected chi connectivity index (χ0v) is 10.0. The van der Waals surface area contributed by atoms with E-state index in [1.807, 2.05) is 16.8 Å². The zero-order valence-electron chi connectivity index (χ0n) is 10.0. The van der Waals surface area contributed by atoms with Crippen molar-refractivity contribution in [3.05, 3.63) is 52.6 Å². The molecule has 0 aliphatic carbocycles. The second-order valence-electron chi connectivity index (χ2n) is 3.96. The van der Waals surface area contributed by atoms with Gasteiger partial charge in [0.05, 0.1) is 11.3 Å². The van der Waals surface area contributed by atoms with E-state index < -0.39 is 0 Å². The van der Waals surface area contributed by atoms with Crippen molar-refractivity contribution in [2.24, 2.45) is 0 Å². The summed E-state index contributed by atoms with van der Waals surface area (Å²) in [6.07, 6.45) is 5.27. The van der Waals surface area contributed by atoms with Gasteiger partial charge in [-0.2, -0.15) is 0 Å². The van der Waals surface area contributed by atoms with Gasteiger partial charge in [-0.05, 0) is 13.0 Å². The summed E-state index contributed by atoms with van der Waals surface area (Å²) in [5, 5.41) is 14.1. The highest BCUT2D eigenvalue weighted by molar-refractivity contribution is 5.64. The van der Waals surface area contributed by atoms with Crippen molar-refractivity contribution in [3.8, 4) is 0 Å². The first kappa shape index (κ1) is 12.1. The molecular formula is C12H14N4O2. The van der Waals surface area contributed by atoms with Crippen LogP contribution in [0.25, 0.3) is 0 Å². The summed E-state index contributed by atoms with van der Waals surface area (Å²) in [7, 11) is 0. The molecule has 0 atom stereocenters. The molecule has 2 aromatic rings. The van der Waals surface area contributed by atoms with Crippen LogP contribution in [-0.2, 0) is 6.54 Å². The number of aryl methyl sites for hydroxylation is 1. The number of nitro benzene ring substituents is 1. The Morgan fingerprint density at radius 1 is 1.50 bits per heavy atom. The van der Waals surface area contributed by atoms with Crippen LogP contribution in [0.15, 0.2) is 36.9 Å². The highest BCUT2D eigenvalue weighted by Gasteiger charge is 2.15. The average molecular weight is 246 g/mol. The molecule has 94 valence electrons. The van der Waals surface area contributed by atoms with Crippen LogP contribution in [0.5, 0.6) is 0 Å². The Labute approximate surface area is 104 Å². The SMILES string of the molecule is Cc1cccc(NCCn2ccnc2)c1[N+](=O)[O-]. The molecule has 1 aromatic carbocycles. The Balaban J connectivity index is 2.05. The lowest BCUT2D eigenvalue weighted by atomic mass is 10.1. The predicted octanol–water partition coefficient (Wildman–Crippen LogP) is 2.21. The Bertz CT molecular complexity index is 537. The summed E-state index contributed by atoms with van der Waals surface area (Å²) in [6.45, 7) is 3.06. The van der Waals surface area contributed by atoms with Crippen molar-refractivity contribution in [1.82, 2.24) is 9.55 Å². The molecule has 0 spiro atoms. The molecule has 0 aliphatic heterocycles. The summed E-state index contributed by atoms with van der Waals surface area (Å²) < 4.78 is 1.91. The van der Waals surface area contributed by atoms with E-state index in [2.05, 4.69) is 10.3 Å². The Morgan fingerprint density at radius 3 is 3.00 bits per heavy atom. The van der Waals surface area contributed by atoms with Crippen molar-refractivity contribution >= 4 is 11.4 Å². The third-order valence-corrected chi connectivity index (χ3v) is 2.66. The lowest BCUT2D eigenvalue weighted by Gasteiger charge is -2.08. The number of aromatic nitrogens is 2. The van der Waals surface area contributed by atoms with Gasteiger partial charge in [0.15, 0.2) is 0 Å². The predicted molar refractivity (Wildman–Crippen MR) is 68.6 cm³/mol. The molecule has 2 rings (SSSR count). The highest BCUT2D eigenvalue weighted by atomic mass is 16.6. The third-order valence-electron chi connectivity index (χ3n) is 2.66. The Kier molecular flexibility index (Phi) is 3.57. The second-order valence-corrected chi connectivity index (χ2v) is 3.96. The summed E-state index contributed by atoms with van der Waals surface area (Å²) in [5.74, 6) is 0. The summed E-state index contributed by atoms with van der Waals surface area (Å²) in [4.78, 5) is 14.6. The van der Waals surface area contributed by atoms with E-state index in [9.17, 15) is 10.1 Å². The van der Waals surface area contributed by atoms with Crippen molar-refractivity contribution in [3.63, 3.8) is 0 Å². The Morgan fingerprint density at radius 2 is 2.33 bits per heavy atom. The number of nitrogens with zero attached hydrogens (tertiary/aromatic N) is 3. The molecule has 0 bridgehead atoms. The van der Waals surface area contributed by atoms with Crippen LogP contribution in [0, 0.1) is 17.0 Å². The van der Waals surface area contributed by atoms with E-state index in [4.69, 9.17) is 0 Å². The van der Waals surface area contributed by atoms with Gasteiger partial charge in [-0.15, -0.1) is 0 Å².